The molecule has 0 bridgehead atoms. The van der Waals surface area contributed by atoms with Crippen LogP contribution < -0.4 is 10.6 Å². The third-order valence-electron chi connectivity index (χ3n) is 0.777. The first kappa shape index (κ1) is 9.58. The Bertz CT molecular complexity index is 91.6. The Morgan fingerprint density at radius 1 is 1.40 bits per heavy atom. The lowest BCUT2D eigenvalue weighted by Crippen LogP contribution is -2.37. The highest BCUT2D eigenvalue weighted by Gasteiger charge is 1.90. The number of alkyl halides is 1. The highest BCUT2D eigenvalue weighted by molar-refractivity contribution is 7.80. The fourth-order valence-corrected chi connectivity index (χ4v) is 0.597. The lowest BCUT2D eigenvalue weighted by molar-refractivity contribution is 0.300. The molecule has 60 valence electrons. The molecule has 0 spiro atoms. The van der Waals surface area contributed by atoms with Crippen molar-refractivity contribution in [1.29, 1.82) is 0 Å². The summed E-state index contributed by atoms with van der Waals surface area (Å²) in [6.45, 7) is 0.202. The number of aliphatic hydroxyl groups is 1. The molecule has 0 saturated carbocycles. The molecule has 0 saturated heterocycles. The van der Waals surface area contributed by atoms with Gasteiger partial charge in [-0.2, -0.15) is 0 Å². The van der Waals surface area contributed by atoms with Gasteiger partial charge in [-0.05, 0) is 12.2 Å². The van der Waals surface area contributed by atoms with E-state index in [9.17, 15) is 4.39 Å². The standard InChI is InChI=1S/C5H11FN2OS/c6-1-2-7-5(10)8-3-4-9/h9H,1-4H2,(H2,7,8,10). The molecule has 0 aromatic rings. The first-order valence-electron chi connectivity index (χ1n) is 2.99. The Morgan fingerprint density at radius 2 is 2.00 bits per heavy atom. The van der Waals surface area contributed by atoms with Crippen LogP contribution in [0.1, 0.15) is 0 Å². The van der Waals surface area contributed by atoms with Crippen LogP contribution in [0, 0.1) is 0 Å². The molecule has 0 aliphatic rings. The van der Waals surface area contributed by atoms with Crippen molar-refractivity contribution in [3.8, 4) is 0 Å². The molecule has 0 rings (SSSR count). The van der Waals surface area contributed by atoms with Crippen LogP contribution in [0.4, 0.5) is 4.39 Å². The van der Waals surface area contributed by atoms with Gasteiger partial charge in [0.1, 0.15) is 6.67 Å². The summed E-state index contributed by atoms with van der Waals surface area (Å²) in [5.41, 5.74) is 0. The summed E-state index contributed by atoms with van der Waals surface area (Å²) in [5.74, 6) is 0. The highest BCUT2D eigenvalue weighted by atomic mass is 32.1. The molecule has 0 radical (unpaired) electrons. The van der Waals surface area contributed by atoms with Crippen molar-refractivity contribution in [3.63, 3.8) is 0 Å². The Balaban J connectivity index is 3.09. The van der Waals surface area contributed by atoms with Gasteiger partial charge in [0.15, 0.2) is 5.11 Å². The van der Waals surface area contributed by atoms with Crippen LogP contribution >= 0.6 is 12.2 Å². The number of rotatable bonds is 4. The summed E-state index contributed by atoms with van der Waals surface area (Å²) < 4.78 is 11.5. The van der Waals surface area contributed by atoms with Gasteiger partial charge in [-0.25, -0.2) is 4.39 Å². The third kappa shape index (κ3) is 5.71. The first-order valence-corrected chi connectivity index (χ1v) is 3.40. The van der Waals surface area contributed by atoms with E-state index in [1.54, 1.807) is 0 Å². The quantitative estimate of drug-likeness (QED) is 0.489. The zero-order chi connectivity index (χ0) is 7.82. The molecular formula is C5H11FN2OS. The van der Waals surface area contributed by atoms with E-state index in [2.05, 4.69) is 22.9 Å². The van der Waals surface area contributed by atoms with Gasteiger partial charge >= 0.3 is 0 Å². The predicted octanol–water partition coefficient (Wildman–Crippen LogP) is -0.588. The van der Waals surface area contributed by atoms with E-state index in [-0.39, 0.29) is 13.2 Å². The van der Waals surface area contributed by atoms with E-state index in [4.69, 9.17) is 5.11 Å². The smallest absolute Gasteiger partial charge is 0.166 e. The Kier molecular flexibility index (Phi) is 6.42. The van der Waals surface area contributed by atoms with E-state index in [1.807, 2.05) is 0 Å². The minimum absolute atomic E-state index is 0.0252. The minimum Gasteiger partial charge on any atom is -0.395 e. The van der Waals surface area contributed by atoms with Gasteiger partial charge in [0.05, 0.1) is 6.61 Å². The summed E-state index contributed by atoms with van der Waals surface area (Å²) in [6, 6.07) is 0. The predicted molar refractivity (Wildman–Crippen MR) is 41.7 cm³/mol. The molecular weight excluding hydrogens is 155 g/mol. The molecule has 0 amide bonds. The number of thiocarbonyl (C=S) groups is 1. The van der Waals surface area contributed by atoms with E-state index in [0.29, 0.717) is 11.7 Å². The molecule has 3 N–H and O–H groups in total. The molecule has 0 atom stereocenters. The average Bonchev–Trinajstić information content (AvgIpc) is 1.97. The molecule has 0 aliphatic heterocycles. The van der Waals surface area contributed by atoms with Crippen molar-refractivity contribution in [1.82, 2.24) is 10.6 Å². The lowest BCUT2D eigenvalue weighted by atomic mass is 10.6. The Hall–Kier alpha value is -0.420. The number of hydrogen-bond donors (Lipinski definition) is 3. The average molecular weight is 166 g/mol. The maximum absolute atomic E-state index is 11.5. The SMILES string of the molecule is OCCNC(=S)NCCF. The molecule has 0 unspecified atom stereocenters. The molecule has 5 heteroatoms. The van der Waals surface area contributed by atoms with Crippen molar-refractivity contribution in [2.45, 2.75) is 0 Å². The number of aliphatic hydroxyl groups excluding tert-OH is 1. The van der Waals surface area contributed by atoms with Crippen molar-refractivity contribution in [3.05, 3.63) is 0 Å². The molecule has 10 heavy (non-hydrogen) atoms. The molecule has 3 nitrogen and oxygen atoms in total. The van der Waals surface area contributed by atoms with Crippen LogP contribution in [0.2, 0.25) is 0 Å². The monoisotopic (exact) mass is 166 g/mol. The number of hydrogen-bond acceptors (Lipinski definition) is 2. The lowest BCUT2D eigenvalue weighted by Gasteiger charge is -2.06. The third-order valence-corrected chi connectivity index (χ3v) is 1.07. The molecule has 0 fully saturated rings. The highest BCUT2D eigenvalue weighted by Crippen LogP contribution is 1.67. The van der Waals surface area contributed by atoms with Gasteiger partial charge in [0.25, 0.3) is 0 Å². The first-order chi connectivity index (χ1) is 4.81. The summed E-state index contributed by atoms with van der Waals surface area (Å²) in [5, 5.41) is 14.0. The minimum atomic E-state index is -0.444. The second-order valence-corrected chi connectivity index (χ2v) is 2.00. The largest absolute Gasteiger partial charge is 0.395 e. The van der Waals surface area contributed by atoms with Gasteiger partial charge in [-0.1, -0.05) is 0 Å². The second-order valence-electron chi connectivity index (χ2n) is 1.60. The van der Waals surface area contributed by atoms with Crippen molar-refractivity contribution in [2.24, 2.45) is 0 Å². The summed E-state index contributed by atoms with van der Waals surface area (Å²) in [6.07, 6.45) is 0. The molecule has 0 aromatic carbocycles. The number of halogens is 1. The number of nitrogens with one attached hydrogen (secondary N) is 2. The molecule has 0 aliphatic carbocycles. The van der Waals surface area contributed by atoms with Gasteiger partial charge < -0.3 is 15.7 Å². The summed E-state index contributed by atoms with van der Waals surface area (Å²) in [4.78, 5) is 0. The van der Waals surface area contributed by atoms with Crippen LogP contribution in [0.25, 0.3) is 0 Å². The van der Waals surface area contributed by atoms with Crippen molar-refractivity contribution >= 4 is 17.3 Å². The van der Waals surface area contributed by atoms with E-state index in [1.165, 1.54) is 0 Å². The zero-order valence-corrected chi connectivity index (χ0v) is 6.38. The van der Waals surface area contributed by atoms with Gasteiger partial charge in [-0.15, -0.1) is 0 Å². The van der Waals surface area contributed by atoms with Crippen molar-refractivity contribution < 1.29 is 9.50 Å². The van der Waals surface area contributed by atoms with Crippen LogP contribution in [0.5, 0.6) is 0 Å². The van der Waals surface area contributed by atoms with Gasteiger partial charge in [0.2, 0.25) is 0 Å². The summed E-state index contributed by atoms with van der Waals surface area (Å²) >= 11 is 4.68. The van der Waals surface area contributed by atoms with Gasteiger partial charge in [0, 0.05) is 13.1 Å². The van der Waals surface area contributed by atoms with Crippen LogP contribution in [-0.4, -0.2) is 36.6 Å². The van der Waals surface area contributed by atoms with Crippen molar-refractivity contribution in [2.75, 3.05) is 26.4 Å². The maximum atomic E-state index is 11.5. The molecule has 0 aromatic heterocycles. The fraction of sp³-hybridized carbons (Fsp3) is 0.800. The summed E-state index contributed by atoms with van der Waals surface area (Å²) in [7, 11) is 0. The second kappa shape index (κ2) is 6.70. The Morgan fingerprint density at radius 3 is 2.50 bits per heavy atom. The van der Waals surface area contributed by atoms with E-state index in [0.717, 1.165) is 0 Å². The topological polar surface area (TPSA) is 44.3 Å². The van der Waals surface area contributed by atoms with E-state index < -0.39 is 6.67 Å². The fourth-order valence-electron chi connectivity index (χ4n) is 0.393. The van der Waals surface area contributed by atoms with Crippen LogP contribution in [0.15, 0.2) is 0 Å². The van der Waals surface area contributed by atoms with Gasteiger partial charge in [-0.3, -0.25) is 0 Å². The normalized spacial score (nSPS) is 9.00. The Labute approximate surface area is 64.6 Å². The van der Waals surface area contributed by atoms with Crippen LogP contribution in [0.3, 0.4) is 0 Å². The maximum Gasteiger partial charge on any atom is 0.166 e. The van der Waals surface area contributed by atoms with Crippen LogP contribution in [-0.2, 0) is 0 Å². The zero-order valence-electron chi connectivity index (χ0n) is 5.56. The molecule has 0 heterocycles. The van der Waals surface area contributed by atoms with E-state index >= 15 is 0 Å².